The van der Waals surface area contributed by atoms with E-state index < -0.39 is 11.5 Å². The van der Waals surface area contributed by atoms with Gasteiger partial charge in [-0.25, -0.2) is 14.2 Å². The fourth-order valence-corrected chi connectivity index (χ4v) is 3.79. The monoisotopic (exact) mass is 413 g/mol. The van der Waals surface area contributed by atoms with Crippen molar-refractivity contribution in [2.45, 2.75) is 38.5 Å². The van der Waals surface area contributed by atoms with E-state index in [2.05, 4.69) is 15.3 Å². The van der Waals surface area contributed by atoms with Crippen molar-refractivity contribution in [1.82, 2.24) is 15.3 Å². The summed E-state index contributed by atoms with van der Waals surface area (Å²) in [6.45, 7) is 3.43. The molecule has 0 atom stereocenters. The number of imidazole rings is 1. The topological polar surface area (TPSA) is 97.2 Å². The Morgan fingerprint density at radius 1 is 1.30 bits per heavy atom. The summed E-state index contributed by atoms with van der Waals surface area (Å²) in [5.74, 6) is 0.744. The molecule has 0 radical (unpaired) electrons. The molecule has 0 bridgehead atoms. The molecule has 0 unspecified atom stereocenters. The molecule has 1 saturated heterocycles. The van der Waals surface area contributed by atoms with Gasteiger partial charge in [-0.1, -0.05) is 0 Å². The molecule has 8 heteroatoms. The minimum atomic E-state index is -0.603. The second kappa shape index (κ2) is 8.79. The predicted octanol–water partition coefficient (Wildman–Crippen LogP) is 3.22. The van der Waals surface area contributed by atoms with Gasteiger partial charge in [0, 0.05) is 32.1 Å². The summed E-state index contributed by atoms with van der Waals surface area (Å²) in [4.78, 5) is 32.4. The average Bonchev–Trinajstić information content (AvgIpc) is 3.13. The Morgan fingerprint density at radius 2 is 2.10 bits per heavy atom. The van der Waals surface area contributed by atoms with E-state index >= 15 is 0 Å². The zero-order valence-corrected chi connectivity index (χ0v) is 16.8. The molecule has 1 fully saturated rings. The summed E-state index contributed by atoms with van der Waals surface area (Å²) in [6, 6.07) is 6.19. The molecule has 0 saturated carbocycles. The van der Waals surface area contributed by atoms with Crippen LogP contribution in [0.1, 0.15) is 52.7 Å². The molecule has 1 amide bonds. The maximum absolute atomic E-state index is 13.3. The lowest BCUT2D eigenvalue weighted by atomic mass is 9.95. The van der Waals surface area contributed by atoms with Crippen molar-refractivity contribution in [3.05, 3.63) is 63.2 Å². The third-order valence-electron chi connectivity index (χ3n) is 5.39. The second-order valence-electron chi connectivity index (χ2n) is 7.59. The Morgan fingerprint density at radius 3 is 2.87 bits per heavy atom. The van der Waals surface area contributed by atoms with E-state index in [1.807, 2.05) is 0 Å². The Hall–Kier alpha value is -3.00. The summed E-state index contributed by atoms with van der Waals surface area (Å²) in [7, 11) is 0. The minimum Gasteiger partial charge on any atom is -0.427 e. The fourth-order valence-electron chi connectivity index (χ4n) is 3.79. The summed E-state index contributed by atoms with van der Waals surface area (Å²) < 4.78 is 24.1. The molecule has 0 spiro atoms. The van der Waals surface area contributed by atoms with Crippen LogP contribution in [0.2, 0.25) is 0 Å². The highest BCUT2D eigenvalue weighted by molar-refractivity contribution is 5.95. The lowest BCUT2D eigenvalue weighted by molar-refractivity contribution is 0.0795. The quantitative estimate of drug-likeness (QED) is 0.605. The van der Waals surface area contributed by atoms with Crippen LogP contribution in [0.15, 0.2) is 33.5 Å². The fraction of sp³-hybridized carbons (Fsp3) is 0.409. The number of hydrogen-bond acceptors (Lipinski definition) is 5. The van der Waals surface area contributed by atoms with Crippen molar-refractivity contribution in [3.8, 4) is 0 Å². The first-order valence-electron chi connectivity index (χ1n) is 10.2. The smallest absolute Gasteiger partial charge is 0.349 e. The number of carbonyl (C=O) groups excluding carboxylic acids is 1. The van der Waals surface area contributed by atoms with Crippen molar-refractivity contribution >= 4 is 16.9 Å². The number of amides is 1. The van der Waals surface area contributed by atoms with E-state index in [0.717, 1.165) is 18.7 Å². The van der Waals surface area contributed by atoms with Crippen LogP contribution in [0, 0.1) is 12.7 Å². The van der Waals surface area contributed by atoms with Crippen molar-refractivity contribution < 1.29 is 18.3 Å². The van der Waals surface area contributed by atoms with Crippen molar-refractivity contribution in [3.63, 3.8) is 0 Å². The molecule has 30 heavy (non-hydrogen) atoms. The number of H-pyrrole nitrogens is 1. The summed E-state index contributed by atoms with van der Waals surface area (Å²) >= 11 is 0. The van der Waals surface area contributed by atoms with Crippen LogP contribution in [0.5, 0.6) is 0 Å². The van der Waals surface area contributed by atoms with E-state index in [9.17, 15) is 14.0 Å². The van der Waals surface area contributed by atoms with E-state index in [0.29, 0.717) is 55.0 Å². The second-order valence-corrected chi connectivity index (χ2v) is 7.59. The van der Waals surface area contributed by atoms with Gasteiger partial charge < -0.3 is 19.5 Å². The Labute approximate surface area is 172 Å². The van der Waals surface area contributed by atoms with Crippen molar-refractivity contribution in [1.29, 1.82) is 0 Å². The summed E-state index contributed by atoms with van der Waals surface area (Å²) in [6.07, 6.45) is 2.83. The van der Waals surface area contributed by atoms with Gasteiger partial charge in [-0.3, -0.25) is 4.79 Å². The maximum atomic E-state index is 13.3. The van der Waals surface area contributed by atoms with Gasteiger partial charge in [0.1, 0.15) is 23.0 Å². The lowest BCUT2D eigenvalue weighted by Crippen LogP contribution is -2.31. The number of halogens is 1. The van der Waals surface area contributed by atoms with Crippen LogP contribution in [0.3, 0.4) is 0 Å². The maximum Gasteiger partial charge on any atom is 0.349 e. The van der Waals surface area contributed by atoms with E-state index in [4.69, 9.17) is 9.15 Å². The summed E-state index contributed by atoms with van der Waals surface area (Å²) in [5, 5.41) is 2.77. The molecule has 1 aliphatic rings. The van der Waals surface area contributed by atoms with E-state index in [1.54, 1.807) is 19.1 Å². The van der Waals surface area contributed by atoms with Crippen molar-refractivity contribution in [2.75, 3.05) is 19.8 Å². The number of benzene rings is 1. The highest BCUT2D eigenvalue weighted by Gasteiger charge is 2.22. The standard InChI is InChI=1S/C22H24FN3O4/c1-13-11-18(14-6-9-29-10-7-14)30-22(28)20(13)21(27)24-8-2-3-19-25-16-5-4-15(23)12-17(16)26-19/h4-5,11-12,14H,2-3,6-10H2,1H3,(H,24,27)(H,25,26). The zero-order valence-electron chi connectivity index (χ0n) is 16.8. The van der Waals surface area contributed by atoms with E-state index in [-0.39, 0.29) is 17.3 Å². The van der Waals surface area contributed by atoms with Crippen LogP contribution < -0.4 is 10.9 Å². The third kappa shape index (κ3) is 4.43. The van der Waals surface area contributed by atoms with Crippen LogP contribution >= 0.6 is 0 Å². The average molecular weight is 413 g/mol. The molecule has 158 valence electrons. The highest BCUT2D eigenvalue weighted by atomic mass is 19.1. The number of aromatic amines is 1. The largest absolute Gasteiger partial charge is 0.427 e. The first-order valence-corrected chi connectivity index (χ1v) is 10.2. The minimum absolute atomic E-state index is 0.0463. The normalized spacial score (nSPS) is 14.9. The number of ether oxygens (including phenoxy) is 1. The van der Waals surface area contributed by atoms with Gasteiger partial charge >= 0.3 is 5.63 Å². The number of nitrogens with zero attached hydrogens (tertiary/aromatic N) is 1. The molecule has 3 aromatic rings. The third-order valence-corrected chi connectivity index (χ3v) is 5.39. The van der Waals surface area contributed by atoms with Gasteiger partial charge in [0.05, 0.1) is 11.0 Å². The molecule has 1 aliphatic heterocycles. The molecule has 1 aromatic carbocycles. The van der Waals surface area contributed by atoms with Gasteiger partial charge in [-0.05, 0) is 56.0 Å². The van der Waals surface area contributed by atoms with E-state index in [1.165, 1.54) is 12.1 Å². The molecule has 4 rings (SSSR count). The lowest BCUT2D eigenvalue weighted by Gasteiger charge is -2.21. The highest BCUT2D eigenvalue weighted by Crippen LogP contribution is 2.27. The van der Waals surface area contributed by atoms with Gasteiger partial charge in [0.25, 0.3) is 5.91 Å². The molecule has 7 nitrogen and oxygen atoms in total. The molecule has 2 aromatic heterocycles. The van der Waals surface area contributed by atoms with Crippen LogP contribution in [-0.2, 0) is 11.2 Å². The molecule has 2 N–H and O–H groups in total. The molecule has 3 heterocycles. The van der Waals surface area contributed by atoms with Crippen LogP contribution in [0.25, 0.3) is 11.0 Å². The van der Waals surface area contributed by atoms with Gasteiger partial charge in [0.15, 0.2) is 0 Å². The van der Waals surface area contributed by atoms with Crippen molar-refractivity contribution in [2.24, 2.45) is 0 Å². The number of aryl methyl sites for hydroxylation is 2. The van der Waals surface area contributed by atoms with Gasteiger partial charge in [0.2, 0.25) is 0 Å². The van der Waals surface area contributed by atoms with Gasteiger partial charge in [-0.15, -0.1) is 0 Å². The number of nitrogens with one attached hydrogen (secondary N) is 2. The molecular weight excluding hydrogens is 389 g/mol. The number of carbonyl (C=O) groups is 1. The van der Waals surface area contributed by atoms with Gasteiger partial charge in [-0.2, -0.15) is 0 Å². The Bertz CT molecular complexity index is 1120. The number of rotatable bonds is 6. The number of aromatic nitrogens is 2. The Kier molecular flexibility index (Phi) is 5.94. The van der Waals surface area contributed by atoms with Crippen LogP contribution in [0.4, 0.5) is 4.39 Å². The predicted molar refractivity (Wildman–Crippen MR) is 109 cm³/mol. The number of fused-ring (bicyclic) bond motifs is 1. The molecule has 0 aliphatic carbocycles. The van der Waals surface area contributed by atoms with Crippen LogP contribution in [-0.4, -0.2) is 35.6 Å². The number of hydrogen-bond donors (Lipinski definition) is 2. The first kappa shape index (κ1) is 20.3. The summed E-state index contributed by atoms with van der Waals surface area (Å²) in [5.41, 5.74) is 1.41. The first-order chi connectivity index (χ1) is 14.5. The Balaban J connectivity index is 1.34. The molecular formula is C22H24FN3O4. The zero-order chi connectivity index (χ0) is 21.1. The SMILES string of the molecule is Cc1cc(C2CCOCC2)oc(=O)c1C(=O)NCCCc1nc2ccc(F)cc2[nH]1.